The van der Waals surface area contributed by atoms with Crippen molar-refractivity contribution in [2.45, 2.75) is 20.3 Å². The average Bonchev–Trinajstić information content (AvgIpc) is 2.23. The van der Waals surface area contributed by atoms with Gasteiger partial charge in [0.1, 0.15) is 5.82 Å². The van der Waals surface area contributed by atoms with Crippen LogP contribution in [0.2, 0.25) is 0 Å². The molecule has 88 valence electrons. The molecule has 0 aliphatic rings. The molecule has 0 saturated heterocycles. The van der Waals surface area contributed by atoms with Crippen molar-refractivity contribution in [1.29, 1.82) is 0 Å². The lowest BCUT2D eigenvalue weighted by Gasteiger charge is -2.08. The predicted molar refractivity (Wildman–Crippen MR) is 62.9 cm³/mol. The van der Waals surface area contributed by atoms with Crippen molar-refractivity contribution < 1.29 is 9.18 Å². The lowest BCUT2D eigenvalue weighted by molar-refractivity contribution is -0.116. The number of anilines is 1. The third-order valence-electron chi connectivity index (χ3n) is 2.24. The number of nitrogens with one attached hydrogen (secondary N) is 2. The van der Waals surface area contributed by atoms with Gasteiger partial charge in [-0.3, -0.25) is 4.79 Å². The van der Waals surface area contributed by atoms with Gasteiger partial charge in [0.05, 0.1) is 0 Å². The summed E-state index contributed by atoms with van der Waals surface area (Å²) >= 11 is 0. The van der Waals surface area contributed by atoms with Crippen LogP contribution in [0.3, 0.4) is 0 Å². The first-order valence-electron chi connectivity index (χ1n) is 5.40. The van der Waals surface area contributed by atoms with Crippen LogP contribution in [0.15, 0.2) is 18.2 Å². The Morgan fingerprint density at radius 1 is 1.44 bits per heavy atom. The number of hydrogen-bond acceptors (Lipinski definition) is 2. The summed E-state index contributed by atoms with van der Waals surface area (Å²) in [6.07, 6.45) is 0.421. The van der Waals surface area contributed by atoms with Crippen LogP contribution in [0.4, 0.5) is 10.1 Å². The minimum absolute atomic E-state index is 0.0596. The maximum absolute atomic E-state index is 12.8. The molecular weight excluding hydrogens is 207 g/mol. The summed E-state index contributed by atoms with van der Waals surface area (Å²) in [5, 5.41) is 5.82. The predicted octanol–water partition coefficient (Wildman–Crippen LogP) is 2.07. The van der Waals surface area contributed by atoms with Crippen molar-refractivity contribution in [3.05, 3.63) is 29.6 Å². The van der Waals surface area contributed by atoms with Gasteiger partial charge in [0.2, 0.25) is 5.91 Å². The summed E-state index contributed by atoms with van der Waals surface area (Å²) in [4.78, 5) is 11.5. The molecule has 0 saturated carbocycles. The average molecular weight is 224 g/mol. The van der Waals surface area contributed by atoms with Crippen molar-refractivity contribution in [2.24, 2.45) is 0 Å². The molecule has 16 heavy (non-hydrogen) atoms. The molecule has 4 heteroatoms. The first-order chi connectivity index (χ1) is 7.63. The number of carbonyl (C=O) groups is 1. The van der Waals surface area contributed by atoms with E-state index in [0.29, 0.717) is 18.7 Å². The van der Waals surface area contributed by atoms with Gasteiger partial charge in [0, 0.05) is 18.7 Å². The van der Waals surface area contributed by atoms with Crippen LogP contribution in [-0.4, -0.2) is 19.0 Å². The molecule has 0 unspecified atom stereocenters. The molecular formula is C12H17FN2O. The Labute approximate surface area is 95.0 Å². The second-order valence-corrected chi connectivity index (χ2v) is 3.61. The second-order valence-electron chi connectivity index (χ2n) is 3.61. The lowest BCUT2D eigenvalue weighted by atomic mass is 10.2. The largest absolute Gasteiger partial charge is 0.326 e. The summed E-state index contributed by atoms with van der Waals surface area (Å²) in [5.74, 6) is -0.348. The van der Waals surface area contributed by atoms with Crippen LogP contribution in [0.1, 0.15) is 18.9 Å². The highest BCUT2D eigenvalue weighted by Gasteiger charge is 2.04. The van der Waals surface area contributed by atoms with Crippen LogP contribution < -0.4 is 10.6 Å². The van der Waals surface area contributed by atoms with E-state index in [9.17, 15) is 9.18 Å². The maximum Gasteiger partial charge on any atom is 0.225 e. The first-order valence-corrected chi connectivity index (χ1v) is 5.40. The van der Waals surface area contributed by atoms with Crippen LogP contribution in [-0.2, 0) is 4.79 Å². The zero-order valence-electron chi connectivity index (χ0n) is 9.64. The monoisotopic (exact) mass is 224 g/mol. The highest BCUT2D eigenvalue weighted by atomic mass is 19.1. The molecule has 0 aliphatic heterocycles. The SMILES string of the molecule is CCNCCC(=O)Nc1ccc(F)cc1C. The summed E-state index contributed by atoms with van der Waals surface area (Å²) in [7, 11) is 0. The summed E-state index contributed by atoms with van der Waals surface area (Å²) in [5.41, 5.74) is 1.40. The van der Waals surface area contributed by atoms with Gasteiger partial charge in [-0.25, -0.2) is 4.39 Å². The van der Waals surface area contributed by atoms with E-state index in [2.05, 4.69) is 10.6 Å². The normalized spacial score (nSPS) is 10.2. The Bertz CT molecular complexity index is 366. The topological polar surface area (TPSA) is 41.1 Å². The van der Waals surface area contributed by atoms with Crippen molar-refractivity contribution in [1.82, 2.24) is 5.32 Å². The van der Waals surface area contributed by atoms with Gasteiger partial charge in [0.15, 0.2) is 0 Å². The smallest absolute Gasteiger partial charge is 0.225 e. The van der Waals surface area contributed by atoms with E-state index >= 15 is 0 Å². The number of halogens is 1. The molecule has 0 atom stereocenters. The van der Waals surface area contributed by atoms with Crippen molar-refractivity contribution in [2.75, 3.05) is 18.4 Å². The number of rotatable bonds is 5. The number of amides is 1. The number of carbonyl (C=O) groups excluding carboxylic acids is 1. The number of aryl methyl sites for hydroxylation is 1. The first kappa shape index (κ1) is 12.6. The molecule has 1 rings (SSSR count). The maximum atomic E-state index is 12.8. The van der Waals surface area contributed by atoms with E-state index in [1.54, 1.807) is 13.0 Å². The van der Waals surface area contributed by atoms with Crippen LogP contribution in [0.25, 0.3) is 0 Å². The van der Waals surface area contributed by atoms with E-state index in [0.717, 1.165) is 12.1 Å². The van der Waals surface area contributed by atoms with Gasteiger partial charge in [0.25, 0.3) is 0 Å². The highest BCUT2D eigenvalue weighted by molar-refractivity contribution is 5.91. The van der Waals surface area contributed by atoms with E-state index in [1.807, 2.05) is 6.92 Å². The Hall–Kier alpha value is -1.42. The van der Waals surface area contributed by atoms with Crippen LogP contribution in [0, 0.1) is 12.7 Å². The zero-order chi connectivity index (χ0) is 12.0. The van der Waals surface area contributed by atoms with Crippen LogP contribution in [0.5, 0.6) is 0 Å². The van der Waals surface area contributed by atoms with Crippen molar-refractivity contribution in [3.63, 3.8) is 0 Å². The Morgan fingerprint density at radius 2 is 2.19 bits per heavy atom. The zero-order valence-corrected chi connectivity index (χ0v) is 9.64. The molecule has 1 aromatic carbocycles. The van der Waals surface area contributed by atoms with E-state index in [-0.39, 0.29) is 11.7 Å². The number of benzene rings is 1. The Kier molecular flexibility index (Phi) is 4.92. The third-order valence-corrected chi connectivity index (χ3v) is 2.24. The standard InChI is InChI=1S/C12H17FN2O/c1-3-14-7-6-12(16)15-11-5-4-10(13)8-9(11)2/h4-5,8,14H,3,6-7H2,1-2H3,(H,15,16). The lowest BCUT2D eigenvalue weighted by Crippen LogP contribution is -2.21. The van der Waals surface area contributed by atoms with Gasteiger partial charge in [-0.2, -0.15) is 0 Å². The quantitative estimate of drug-likeness (QED) is 0.752. The van der Waals surface area contributed by atoms with Gasteiger partial charge >= 0.3 is 0 Å². The summed E-state index contributed by atoms with van der Waals surface area (Å²) in [6.45, 7) is 5.26. The molecule has 1 aromatic rings. The molecule has 0 spiro atoms. The van der Waals surface area contributed by atoms with Crippen molar-refractivity contribution in [3.8, 4) is 0 Å². The van der Waals surface area contributed by atoms with E-state index in [4.69, 9.17) is 0 Å². The highest BCUT2D eigenvalue weighted by Crippen LogP contribution is 2.15. The van der Waals surface area contributed by atoms with Gasteiger partial charge < -0.3 is 10.6 Å². The summed E-state index contributed by atoms with van der Waals surface area (Å²) < 4.78 is 12.8. The molecule has 0 radical (unpaired) electrons. The van der Waals surface area contributed by atoms with Crippen LogP contribution >= 0.6 is 0 Å². The van der Waals surface area contributed by atoms with Gasteiger partial charge in [-0.15, -0.1) is 0 Å². The molecule has 2 N–H and O–H groups in total. The van der Waals surface area contributed by atoms with Gasteiger partial charge in [-0.1, -0.05) is 6.92 Å². The molecule has 1 amide bonds. The molecule has 0 fully saturated rings. The second kappa shape index (κ2) is 6.23. The number of hydrogen-bond donors (Lipinski definition) is 2. The molecule has 3 nitrogen and oxygen atoms in total. The molecule has 0 bridgehead atoms. The minimum Gasteiger partial charge on any atom is -0.326 e. The fraction of sp³-hybridized carbons (Fsp3) is 0.417. The van der Waals surface area contributed by atoms with E-state index < -0.39 is 0 Å². The fourth-order valence-corrected chi connectivity index (χ4v) is 1.36. The fourth-order valence-electron chi connectivity index (χ4n) is 1.36. The summed E-state index contributed by atoms with van der Waals surface area (Å²) in [6, 6.07) is 4.32. The minimum atomic E-state index is -0.289. The van der Waals surface area contributed by atoms with Crippen molar-refractivity contribution >= 4 is 11.6 Å². The molecule has 0 aromatic heterocycles. The Morgan fingerprint density at radius 3 is 2.81 bits per heavy atom. The van der Waals surface area contributed by atoms with Gasteiger partial charge in [-0.05, 0) is 37.2 Å². The molecule has 0 heterocycles. The molecule has 0 aliphatic carbocycles. The third kappa shape index (κ3) is 3.98. The van der Waals surface area contributed by atoms with E-state index in [1.165, 1.54) is 12.1 Å². The Balaban J connectivity index is 2.49.